The molecular weight excluding hydrogens is 218 g/mol. The summed E-state index contributed by atoms with van der Waals surface area (Å²) >= 11 is 5.78. The van der Waals surface area contributed by atoms with Gasteiger partial charge in [0.15, 0.2) is 11.6 Å². The lowest BCUT2D eigenvalue weighted by Gasteiger charge is -2.00. The van der Waals surface area contributed by atoms with Crippen LogP contribution in [0.4, 0.5) is 5.82 Å². The van der Waals surface area contributed by atoms with Gasteiger partial charge in [0.05, 0.1) is 0 Å². The van der Waals surface area contributed by atoms with Gasteiger partial charge in [0.2, 0.25) is 0 Å². The van der Waals surface area contributed by atoms with E-state index in [1.807, 2.05) is 6.92 Å². The first-order valence-electron chi connectivity index (χ1n) is 4.44. The number of nitrogen functional groups attached to an aromatic ring is 1. The fourth-order valence-electron chi connectivity index (χ4n) is 1.22. The predicted molar refractivity (Wildman–Crippen MR) is 54.2 cm³/mol. The van der Waals surface area contributed by atoms with E-state index in [0.717, 1.165) is 5.82 Å². The molecule has 0 aliphatic heterocycles. The lowest BCUT2D eigenvalue weighted by atomic mass is 10.5. The molecule has 0 spiro atoms. The molecule has 0 aromatic carbocycles. The number of nitrogens with zero attached hydrogens (tertiary/aromatic N) is 6. The van der Waals surface area contributed by atoms with Crippen LogP contribution >= 0.6 is 11.6 Å². The third kappa shape index (κ3) is 1.91. The second-order valence-electron chi connectivity index (χ2n) is 2.97. The van der Waals surface area contributed by atoms with Crippen molar-refractivity contribution in [2.24, 2.45) is 0 Å². The maximum absolute atomic E-state index is 5.78. The lowest BCUT2D eigenvalue weighted by Crippen LogP contribution is -2.09. The average molecular weight is 228 g/mol. The number of hydrogen-bond donors (Lipinski definition) is 1. The number of rotatable bonds is 3. The molecule has 15 heavy (non-hydrogen) atoms. The van der Waals surface area contributed by atoms with Gasteiger partial charge in [-0.15, -0.1) is 5.10 Å². The van der Waals surface area contributed by atoms with E-state index in [-0.39, 0.29) is 0 Å². The summed E-state index contributed by atoms with van der Waals surface area (Å²) in [7, 11) is 0. The van der Waals surface area contributed by atoms with Crippen LogP contribution in [-0.4, -0.2) is 30.0 Å². The number of aromatic nitrogens is 6. The van der Waals surface area contributed by atoms with Crippen molar-refractivity contribution in [3.05, 3.63) is 17.0 Å². The van der Waals surface area contributed by atoms with Crippen LogP contribution in [0.3, 0.4) is 0 Å². The SMILES string of the molecule is CCn1nnnc1Cn1cc(Cl)c(N)n1. The van der Waals surface area contributed by atoms with Gasteiger partial charge in [-0.1, -0.05) is 11.6 Å². The van der Waals surface area contributed by atoms with E-state index in [1.54, 1.807) is 15.6 Å². The Bertz CT molecular complexity index is 440. The summed E-state index contributed by atoms with van der Waals surface area (Å²) < 4.78 is 3.29. The molecule has 2 aromatic heterocycles. The Morgan fingerprint density at radius 3 is 2.93 bits per heavy atom. The lowest BCUT2D eigenvalue weighted by molar-refractivity contribution is 0.562. The van der Waals surface area contributed by atoms with Gasteiger partial charge in [0.1, 0.15) is 11.6 Å². The molecule has 0 amide bonds. The van der Waals surface area contributed by atoms with Crippen molar-refractivity contribution in [3.8, 4) is 0 Å². The van der Waals surface area contributed by atoms with Gasteiger partial charge in [0.25, 0.3) is 0 Å². The van der Waals surface area contributed by atoms with Crippen LogP contribution in [-0.2, 0) is 13.1 Å². The van der Waals surface area contributed by atoms with Gasteiger partial charge in [0, 0.05) is 12.7 Å². The molecule has 0 saturated heterocycles. The van der Waals surface area contributed by atoms with Crippen molar-refractivity contribution >= 4 is 17.4 Å². The molecule has 0 radical (unpaired) electrons. The molecule has 2 rings (SSSR count). The van der Waals surface area contributed by atoms with Gasteiger partial charge in [-0.05, 0) is 17.4 Å². The second-order valence-corrected chi connectivity index (χ2v) is 3.38. The van der Waals surface area contributed by atoms with Crippen molar-refractivity contribution in [1.82, 2.24) is 30.0 Å². The first kappa shape index (κ1) is 9.91. The molecule has 80 valence electrons. The number of hydrogen-bond acceptors (Lipinski definition) is 5. The van der Waals surface area contributed by atoms with E-state index in [2.05, 4.69) is 20.6 Å². The highest BCUT2D eigenvalue weighted by Gasteiger charge is 2.08. The molecule has 0 aliphatic carbocycles. The number of aryl methyl sites for hydroxylation is 1. The van der Waals surface area contributed by atoms with E-state index < -0.39 is 0 Å². The topological polar surface area (TPSA) is 87.4 Å². The third-order valence-corrected chi connectivity index (χ3v) is 2.24. The minimum atomic E-state index is 0.312. The molecule has 0 fully saturated rings. The van der Waals surface area contributed by atoms with Crippen molar-refractivity contribution in [1.29, 1.82) is 0 Å². The smallest absolute Gasteiger partial charge is 0.172 e. The Labute approximate surface area is 90.8 Å². The molecule has 2 N–H and O–H groups in total. The summed E-state index contributed by atoms with van der Waals surface area (Å²) in [6, 6.07) is 0. The Morgan fingerprint density at radius 1 is 1.53 bits per heavy atom. The molecule has 2 aromatic rings. The predicted octanol–water partition coefficient (Wildman–Crippen LogP) is 0.173. The highest BCUT2D eigenvalue weighted by Crippen LogP contribution is 2.15. The number of tetrazole rings is 1. The molecular formula is C7H10ClN7. The monoisotopic (exact) mass is 227 g/mol. The van der Waals surface area contributed by atoms with Crippen LogP contribution < -0.4 is 5.73 Å². The van der Waals surface area contributed by atoms with Gasteiger partial charge in [-0.3, -0.25) is 4.68 Å². The Balaban J connectivity index is 2.21. The zero-order chi connectivity index (χ0) is 10.8. The van der Waals surface area contributed by atoms with Gasteiger partial charge >= 0.3 is 0 Å². The molecule has 0 atom stereocenters. The second kappa shape index (κ2) is 3.85. The standard InChI is InChI=1S/C7H10ClN7/c1-2-15-6(10-12-13-15)4-14-3-5(8)7(9)11-14/h3H,2,4H2,1H3,(H2,9,11). The zero-order valence-electron chi connectivity index (χ0n) is 8.13. The highest BCUT2D eigenvalue weighted by atomic mass is 35.5. The number of anilines is 1. The molecule has 0 bridgehead atoms. The van der Waals surface area contributed by atoms with Crippen molar-refractivity contribution in [2.45, 2.75) is 20.0 Å². The van der Waals surface area contributed by atoms with Crippen molar-refractivity contribution in [2.75, 3.05) is 5.73 Å². The van der Waals surface area contributed by atoms with Crippen LogP contribution in [0.25, 0.3) is 0 Å². The summed E-state index contributed by atoms with van der Waals surface area (Å²) in [5.41, 5.74) is 5.52. The summed E-state index contributed by atoms with van der Waals surface area (Å²) in [6.45, 7) is 3.13. The van der Waals surface area contributed by atoms with Gasteiger partial charge in [-0.2, -0.15) is 5.10 Å². The minimum Gasteiger partial charge on any atom is -0.381 e. The fourth-order valence-corrected chi connectivity index (χ4v) is 1.37. The van der Waals surface area contributed by atoms with Crippen LogP contribution in [0, 0.1) is 0 Å². The number of halogens is 1. The van der Waals surface area contributed by atoms with Crippen molar-refractivity contribution < 1.29 is 0 Å². The summed E-state index contributed by atoms with van der Waals surface area (Å²) in [5, 5.41) is 15.7. The van der Waals surface area contributed by atoms with E-state index in [4.69, 9.17) is 17.3 Å². The highest BCUT2D eigenvalue weighted by molar-refractivity contribution is 6.32. The van der Waals surface area contributed by atoms with E-state index in [0.29, 0.717) is 23.9 Å². The normalized spacial score (nSPS) is 10.8. The third-order valence-electron chi connectivity index (χ3n) is 1.95. The molecule has 8 heteroatoms. The van der Waals surface area contributed by atoms with Crippen LogP contribution in [0.15, 0.2) is 6.20 Å². The largest absolute Gasteiger partial charge is 0.381 e. The summed E-state index contributed by atoms with van der Waals surface area (Å²) in [4.78, 5) is 0. The molecule has 0 unspecified atom stereocenters. The maximum atomic E-state index is 5.78. The quantitative estimate of drug-likeness (QED) is 0.808. The summed E-state index contributed by atoms with van der Waals surface area (Å²) in [6.07, 6.45) is 1.64. The van der Waals surface area contributed by atoms with E-state index >= 15 is 0 Å². The van der Waals surface area contributed by atoms with Gasteiger partial charge in [-0.25, -0.2) is 4.68 Å². The molecule has 2 heterocycles. The molecule has 0 aliphatic rings. The first-order valence-corrected chi connectivity index (χ1v) is 4.82. The fraction of sp³-hybridized carbons (Fsp3) is 0.429. The Morgan fingerprint density at radius 2 is 2.33 bits per heavy atom. The minimum absolute atomic E-state index is 0.312. The van der Waals surface area contributed by atoms with Gasteiger partial charge < -0.3 is 5.73 Å². The van der Waals surface area contributed by atoms with E-state index in [1.165, 1.54) is 0 Å². The Kier molecular flexibility index (Phi) is 2.55. The summed E-state index contributed by atoms with van der Waals surface area (Å²) in [5.74, 6) is 1.03. The van der Waals surface area contributed by atoms with Crippen LogP contribution in [0.2, 0.25) is 5.02 Å². The maximum Gasteiger partial charge on any atom is 0.172 e. The zero-order valence-corrected chi connectivity index (χ0v) is 8.89. The average Bonchev–Trinajstić information content (AvgIpc) is 2.75. The molecule has 0 saturated carbocycles. The Hall–Kier alpha value is -1.63. The molecule has 7 nitrogen and oxygen atoms in total. The van der Waals surface area contributed by atoms with E-state index in [9.17, 15) is 0 Å². The van der Waals surface area contributed by atoms with Crippen molar-refractivity contribution in [3.63, 3.8) is 0 Å². The van der Waals surface area contributed by atoms with Crippen LogP contribution in [0.1, 0.15) is 12.7 Å². The van der Waals surface area contributed by atoms with Crippen LogP contribution in [0.5, 0.6) is 0 Å². The first-order chi connectivity index (χ1) is 7.20. The number of nitrogens with two attached hydrogens (primary N) is 1.